The lowest BCUT2D eigenvalue weighted by Gasteiger charge is -2.21. The first-order valence-electron chi connectivity index (χ1n) is 6.11. The first-order chi connectivity index (χ1) is 8.78. The molecule has 1 aliphatic rings. The Bertz CT molecular complexity index is 486. The van der Waals surface area contributed by atoms with Gasteiger partial charge in [-0.05, 0) is 25.2 Å². The fraction of sp³-hybridized carbons (Fsp3) is 0.583. The normalized spacial score (nSPS) is 16.2. The van der Waals surface area contributed by atoms with Crippen molar-refractivity contribution in [3.05, 3.63) is 22.2 Å². The van der Waals surface area contributed by atoms with E-state index < -0.39 is 5.69 Å². The van der Waals surface area contributed by atoms with Gasteiger partial charge >= 0.3 is 5.69 Å². The van der Waals surface area contributed by atoms with E-state index in [1.807, 2.05) is 6.07 Å². The van der Waals surface area contributed by atoms with Crippen LogP contribution in [-0.2, 0) is 4.74 Å². The zero-order valence-corrected chi connectivity index (χ0v) is 10.1. The Morgan fingerprint density at radius 2 is 2.33 bits per heavy atom. The van der Waals surface area contributed by atoms with Gasteiger partial charge in [0, 0.05) is 25.8 Å². The molecule has 0 bridgehead atoms. The van der Waals surface area contributed by atoms with Crippen LogP contribution in [0.5, 0.6) is 0 Å². The molecule has 0 amide bonds. The van der Waals surface area contributed by atoms with E-state index in [9.17, 15) is 4.79 Å². The van der Waals surface area contributed by atoms with Crippen molar-refractivity contribution in [1.82, 2.24) is 9.97 Å². The van der Waals surface area contributed by atoms with E-state index in [1.54, 1.807) is 6.07 Å². The molecule has 0 radical (unpaired) electrons. The Balaban J connectivity index is 1.84. The van der Waals surface area contributed by atoms with Crippen LogP contribution in [0.4, 0.5) is 5.82 Å². The first kappa shape index (κ1) is 12.6. The number of hydrogen-bond acceptors (Lipinski definition) is 5. The summed E-state index contributed by atoms with van der Waals surface area (Å²) < 4.78 is 5.30. The predicted molar refractivity (Wildman–Crippen MR) is 66.2 cm³/mol. The van der Waals surface area contributed by atoms with E-state index >= 15 is 0 Å². The molecule has 96 valence electrons. The van der Waals surface area contributed by atoms with Crippen LogP contribution in [0.3, 0.4) is 0 Å². The van der Waals surface area contributed by atoms with Gasteiger partial charge in [0.15, 0.2) is 0 Å². The summed E-state index contributed by atoms with van der Waals surface area (Å²) in [5, 5.41) is 11.8. The van der Waals surface area contributed by atoms with E-state index in [4.69, 9.17) is 10.00 Å². The molecule has 1 fully saturated rings. The van der Waals surface area contributed by atoms with Gasteiger partial charge in [-0.2, -0.15) is 10.2 Å². The molecular weight excluding hydrogens is 232 g/mol. The monoisotopic (exact) mass is 248 g/mol. The van der Waals surface area contributed by atoms with Crippen molar-refractivity contribution in [3.63, 3.8) is 0 Å². The van der Waals surface area contributed by atoms with Crippen LogP contribution >= 0.6 is 0 Å². The van der Waals surface area contributed by atoms with Gasteiger partial charge in [-0.3, -0.25) is 4.98 Å². The summed E-state index contributed by atoms with van der Waals surface area (Å²) in [5.74, 6) is 1.13. The zero-order chi connectivity index (χ0) is 12.8. The molecule has 1 aliphatic heterocycles. The number of H-pyrrole nitrogens is 1. The summed E-state index contributed by atoms with van der Waals surface area (Å²) >= 11 is 0. The van der Waals surface area contributed by atoms with Gasteiger partial charge in [-0.1, -0.05) is 0 Å². The minimum Gasteiger partial charge on any atom is -0.381 e. The summed E-state index contributed by atoms with van der Waals surface area (Å²) in [6.07, 6.45) is 3.21. The third-order valence-electron chi connectivity index (χ3n) is 3.06. The highest BCUT2D eigenvalue weighted by Gasteiger charge is 2.13. The number of rotatable bonds is 4. The molecule has 6 nitrogen and oxygen atoms in total. The van der Waals surface area contributed by atoms with Crippen LogP contribution in [-0.4, -0.2) is 29.7 Å². The van der Waals surface area contributed by atoms with E-state index in [-0.39, 0.29) is 5.69 Å². The van der Waals surface area contributed by atoms with Crippen LogP contribution in [0.25, 0.3) is 0 Å². The molecule has 0 spiro atoms. The molecule has 1 aromatic heterocycles. The molecule has 18 heavy (non-hydrogen) atoms. The van der Waals surface area contributed by atoms with Gasteiger partial charge in [-0.15, -0.1) is 0 Å². The number of aromatic amines is 1. The lowest BCUT2D eigenvalue weighted by atomic mass is 9.97. The van der Waals surface area contributed by atoms with Gasteiger partial charge in [-0.25, -0.2) is 4.79 Å². The molecule has 0 atom stereocenters. The maximum absolute atomic E-state index is 11.2. The van der Waals surface area contributed by atoms with Crippen LogP contribution in [0.1, 0.15) is 25.0 Å². The van der Waals surface area contributed by atoms with Crippen LogP contribution in [0, 0.1) is 17.2 Å². The minimum atomic E-state index is -0.498. The van der Waals surface area contributed by atoms with E-state index in [2.05, 4.69) is 15.3 Å². The Morgan fingerprint density at radius 3 is 3.06 bits per heavy atom. The summed E-state index contributed by atoms with van der Waals surface area (Å²) in [7, 11) is 0. The number of nitriles is 1. The third kappa shape index (κ3) is 3.57. The second kappa shape index (κ2) is 6.17. The van der Waals surface area contributed by atoms with E-state index in [0.29, 0.717) is 11.7 Å². The second-order valence-electron chi connectivity index (χ2n) is 4.37. The summed E-state index contributed by atoms with van der Waals surface area (Å²) in [4.78, 5) is 17.3. The number of hydrogen-bond donors (Lipinski definition) is 2. The Hall–Kier alpha value is -1.87. The number of aromatic nitrogens is 2. The molecule has 0 unspecified atom stereocenters. The smallest absolute Gasteiger partial charge is 0.347 e. The van der Waals surface area contributed by atoms with Crippen molar-refractivity contribution < 1.29 is 4.74 Å². The van der Waals surface area contributed by atoms with Crippen molar-refractivity contribution in [1.29, 1.82) is 5.26 Å². The maximum atomic E-state index is 11.2. The largest absolute Gasteiger partial charge is 0.381 e. The molecule has 6 heteroatoms. The highest BCUT2D eigenvalue weighted by atomic mass is 16.5. The topological polar surface area (TPSA) is 90.8 Å². The van der Waals surface area contributed by atoms with Crippen LogP contribution in [0.15, 0.2) is 10.9 Å². The number of ether oxygens (including phenoxy) is 1. The molecule has 1 saturated heterocycles. The molecule has 0 aliphatic carbocycles. The van der Waals surface area contributed by atoms with E-state index in [1.165, 1.54) is 0 Å². The minimum absolute atomic E-state index is 0.226. The molecule has 2 N–H and O–H groups in total. The van der Waals surface area contributed by atoms with Gasteiger partial charge in [0.1, 0.15) is 17.6 Å². The lowest BCUT2D eigenvalue weighted by molar-refractivity contribution is 0.0649. The lowest BCUT2D eigenvalue weighted by Crippen LogP contribution is -2.20. The molecule has 1 aromatic rings. The first-order valence-corrected chi connectivity index (χ1v) is 6.11. The highest BCUT2D eigenvalue weighted by molar-refractivity contribution is 5.38. The standard InChI is InChI=1S/C12H16N4O2/c13-8-10-7-11(16-12(17)15-10)14-4-1-9-2-5-18-6-3-9/h7,9H,1-6H2,(H2,14,15,16,17). The van der Waals surface area contributed by atoms with Crippen molar-refractivity contribution in [2.24, 2.45) is 5.92 Å². The number of nitrogens with zero attached hydrogens (tertiary/aromatic N) is 2. The highest BCUT2D eigenvalue weighted by Crippen LogP contribution is 2.18. The third-order valence-corrected chi connectivity index (χ3v) is 3.06. The fourth-order valence-corrected chi connectivity index (χ4v) is 2.05. The van der Waals surface area contributed by atoms with Gasteiger partial charge < -0.3 is 10.1 Å². The maximum Gasteiger partial charge on any atom is 0.347 e. The molecular formula is C12H16N4O2. The van der Waals surface area contributed by atoms with Crippen LogP contribution < -0.4 is 11.0 Å². The quantitative estimate of drug-likeness (QED) is 0.825. The van der Waals surface area contributed by atoms with Crippen LogP contribution in [0.2, 0.25) is 0 Å². The molecule has 2 rings (SSSR count). The summed E-state index contributed by atoms with van der Waals surface area (Å²) in [5.41, 5.74) is -0.272. The van der Waals surface area contributed by atoms with Crippen molar-refractivity contribution in [2.75, 3.05) is 25.1 Å². The van der Waals surface area contributed by atoms with Crippen molar-refractivity contribution in [3.8, 4) is 6.07 Å². The Labute approximate surface area is 105 Å². The van der Waals surface area contributed by atoms with Gasteiger partial charge in [0.25, 0.3) is 0 Å². The number of anilines is 1. The molecule has 2 heterocycles. The number of nitrogens with one attached hydrogen (secondary N) is 2. The summed E-state index contributed by atoms with van der Waals surface area (Å²) in [6, 6.07) is 3.44. The second-order valence-corrected chi connectivity index (χ2v) is 4.37. The fourth-order valence-electron chi connectivity index (χ4n) is 2.05. The SMILES string of the molecule is N#Cc1cc(NCCC2CCOCC2)nc(=O)[nH]1. The average Bonchev–Trinajstić information content (AvgIpc) is 2.39. The van der Waals surface area contributed by atoms with Gasteiger partial charge in [0.2, 0.25) is 0 Å². The predicted octanol–water partition coefficient (Wildman–Crippen LogP) is 0.870. The van der Waals surface area contributed by atoms with E-state index in [0.717, 1.165) is 39.0 Å². The Kier molecular flexibility index (Phi) is 4.31. The van der Waals surface area contributed by atoms with Crippen molar-refractivity contribution >= 4 is 5.82 Å². The molecule has 0 saturated carbocycles. The molecule has 0 aromatic carbocycles. The zero-order valence-electron chi connectivity index (χ0n) is 10.1. The summed E-state index contributed by atoms with van der Waals surface area (Å²) in [6.45, 7) is 2.44. The van der Waals surface area contributed by atoms with Gasteiger partial charge in [0.05, 0.1) is 0 Å². The Morgan fingerprint density at radius 1 is 1.56 bits per heavy atom. The van der Waals surface area contributed by atoms with Crippen molar-refractivity contribution in [2.45, 2.75) is 19.3 Å². The average molecular weight is 248 g/mol.